The van der Waals surface area contributed by atoms with Crippen molar-refractivity contribution in [1.29, 1.82) is 0 Å². The van der Waals surface area contributed by atoms with E-state index < -0.39 is 13.0 Å². The molecule has 6 heteroatoms. The summed E-state index contributed by atoms with van der Waals surface area (Å²) in [6.45, 7) is 5.35. The van der Waals surface area contributed by atoms with Crippen LogP contribution in [0.15, 0.2) is 11.1 Å². The molecule has 88 valence electrons. The summed E-state index contributed by atoms with van der Waals surface area (Å²) in [7, 11) is 0. The van der Waals surface area contributed by atoms with Crippen molar-refractivity contribution in [3.63, 3.8) is 0 Å². The average Bonchev–Trinajstić information content (AvgIpc) is 2.46. The Kier molecular flexibility index (Phi) is 3.88. The number of hydrogen-bond acceptors (Lipinski definition) is 3. The standard InChI is InChI=1S/C10H13F2N3S/c1-10(2,3)7-4-9(13-6-16)14-15(7)5-8(11)12/h4,8H,5H2,1-3H3. The van der Waals surface area contributed by atoms with Crippen LogP contribution < -0.4 is 0 Å². The summed E-state index contributed by atoms with van der Waals surface area (Å²) in [6.07, 6.45) is -2.44. The van der Waals surface area contributed by atoms with Gasteiger partial charge in [-0.15, -0.1) is 0 Å². The number of alkyl halides is 2. The fourth-order valence-electron chi connectivity index (χ4n) is 1.38. The van der Waals surface area contributed by atoms with Crippen LogP contribution in [-0.4, -0.2) is 21.4 Å². The smallest absolute Gasteiger partial charge is 0.257 e. The molecule has 0 fully saturated rings. The van der Waals surface area contributed by atoms with E-state index in [1.165, 1.54) is 4.68 Å². The van der Waals surface area contributed by atoms with Gasteiger partial charge in [0.2, 0.25) is 0 Å². The van der Waals surface area contributed by atoms with Gasteiger partial charge in [0.05, 0.1) is 5.16 Å². The van der Waals surface area contributed by atoms with Gasteiger partial charge < -0.3 is 0 Å². The van der Waals surface area contributed by atoms with E-state index in [0.717, 1.165) is 0 Å². The topological polar surface area (TPSA) is 30.2 Å². The molecule has 0 aliphatic rings. The van der Waals surface area contributed by atoms with Crippen molar-refractivity contribution in [2.75, 3.05) is 0 Å². The molecular formula is C10H13F2N3S. The first-order chi connectivity index (χ1) is 7.34. The number of halogens is 2. The van der Waals surface area contributed by atoms with Gasteiger partial charge in [-0.1, -0.05) is 20.8 Å². The van der Waals surface area contributed by atoms with Gasteiger partial charge in [-0.25, -0.2) is 8.78 Å². The van der Waals surface area contributed by atoms with Crippen molar-refractivity contribution in [3.8, 4) is 0 Å². The van der Waals surface area contributed by atoms with Crippen molar-refractivity contribution in [2.24, 2.45) is 4.99 Å². The van der Waals surface area contributed by atoms with Crippen molar-refractivity contribution in [2.45, 2.75) is 39.2 Å². The molecule has 0 spiro atoms. The first-order valence-corrected chi connectivity index (χ1v) is 5.20. The molecule has 0 saturated carbocycles. The maximum absolute atomic E-state index is 12.4. The largest absolute Gasteiger partial charge is 0.261 e. The minimum atomic E-state index is -2.44. The van der Waals surface area contributed by atoms with Crippen LogP contribution in [0.2, 0.25) is 0 Å². The number of aliphatic imine (C=N–C) groups is 1. The predicted molar refractivity (Wildman–Crippen MR) is 61.6 cm³/mol. The summed E-state index contributed by atoms with van der Waals surface area (Å²) in [6, 6.07) is 1.65. The van der Waals surface area contributed by atoms with Gasteiger partial charge in [0.1, 0.15) is 6.54 Å². The molecule has 1 aromatic heterocycles. The lowest BCUT2D eigenvalue weighted by atomic mass is 9.92. The molecule has 0 N–H and O–H groups in total. The second-order valence-corrected chi connectivity index (χ2v) is 4.60. The highest BCUT2D eigenvalue weighted by Gasteiger charge is 2.22. The first-order valence-electron chi connectivity index (χ1n) is 4.79. The van der Waals surface area contributed by atoms with Crippen LogP contribution in [0.25, 0.3) is 0 Å². The number of rotatable bonds is 3. The SMILES string of the molecule is CC(C)(C)c1cc(N=C=S)nn1CC(F)F. The zero-order chi connectivity index (χ0) is 12.3. The van der Waals surface area contributed by atoms with Crippen LogP contribution in [0.1, 0.15) is 26.5 Å². The third kappa shape index (κ3) is 3.18. The third-order valence-electron chi connectivity index (χ3n) is 2.01. The molecule has 0 aliphatic carbocycles. The lowest BCUT2D eigenvalue weighted by Crippen LogP contribution is -2.20. The fraction of sp³-hybridized carbons (Fsp3) is 0.600. The number of isothiocyanates is 1. The molecule has 0 saturated heterocycles. The van der Waals surface area contributed by atoms with E-state index in [9.17, 15) is 8.78 Å². The average molecular weight is 245 g/mol. The van der Waals surface area contributed by atoms with Crippen LogP contribution in [0, 0.1) is 0 Å². The summed E-state index contributed by atoms with van der Waals surface area (Å²) in [5.74, 6) is 0.320. The second kappa shape index (κ2) is 4.80. The van der Waals surface area contributed by atoms with Crippen molar-refractivity contribution >= 4 is 23.2 Å². The van der Waals surface area contributed by atoms with Crippen LogP contribution in [0.3, 0.4) is 0 Å². The van der Waals surface area contributed by atoms with E-state index in [1.54, 1.807) is 6.07 Å². The summed E-state index contributed by atoms with van der Waals surface area (Å²) in [4.78, 5) is 3.70. The highest BCUT2D eigenvalue weighted by atomic mass is 32.1. The Hall–Kier alpha value is -1.13. The highest BCUT2D eigenvalue weighted by molar-refractivity contribution is 7.78. The van der Waals surface area contributed by atoms with E-state index in [2.05, 4.69) is 27.5 Å². The van der Waals surface area contributed by atoms with E-state index in [0.29, 0.717) is 11.5 Å². The van der Waals surface area contributed by atoms with Gasteiger partial charge >= 0.3 is 0 Å². The van der Waals surface area contributed by atoms with Crippen LogP contribution in [0.5, 0.6) is 0 Å². The molecule has 0 radical (unpaired) electrons. The summed E-state index contributed by atoms with van der Waals surface area (Å²) in [5.41, 5.74) is 0.439. The Bertz CT molecular complexity index is 414. The number of hydrogen-bond donors (Lipinski definition) is 0. The quantitative estimate of drug-likeness (QED) is 0.604. The monoisotopic (exact) mass is 245 g/mol. The van der Waals surface area contributed by atoms with Crippen LogP contribution >= 0.6 is 12.2 Å². The Labute approximate surface area is 98.2 Å². The molecule has 1 heterocycles. The van der Waals surface area contributed by atoms with Crippen LogP contribution in [0.4, 0.5) is 14.6 Å². The number of thiocarbonyl (C=S) groups is 1. The van der Waals surface area contributed by atoms with E-state index >= 15 is 0 Å². The minimum absolute atomic E-state index is 0.267. The number of aromatic nitrogens is 2. The number of nitrogens with zero attached hydrogens (tertiary/aromatic N) is 3. The summed E-state index contributed by atoms with van der Waals surface area (Å²) < 4.78 is 26.0. The Morgan fingerprint density at radius 1 is 1.56 bits per heavy atom. The predicted octanol–water partition coefficient (Wildman–Crippen LogP) is 3.18. The normalized spacial score (nSPS) is 11.6. The Morgan fingerprint density at radius 3 is 2.62 bits per heavy atom. The molecule has 0 amide bonds. The summed E-state index contributed by atoms with van der Waals surface area (Å²) in [5, 5.41) is 6.12. The van der Waals surface area contributed by atoms with Gasteiger partial charge in [-0.05, 0) is 12.2 Å². The lowest BCUT2D eigenvalue weighted by Gasteiger charge is -2.19. The maximum atomic E-state index is 12.4. The second-order valence-electron chi connectivity index (χ2n) is 4.41. The van der Waals surface area contributed by atoms with Gasteiger partial charge in [0.25, 0.3) is 6.43 Å². The molecule has 0 unspecified atom stereocenters. The maximum Gasteiger partial charge on any atom is 0.257 e. The highest BCUT2D eigenvalue weighted by Crippen LogP contribution is 2.26. The molecule has 0 aromatic carbocycles. The van der Waals surface area contributed by atoms with Gasteiger partial charge in [-0.2, -0.15) is 10.1 Å². The molecule has 3 nitrogen and oxygen atoms in total. The summed E-state index contributed by atoms with van der Waals surface area (Å²) >= 11 is 4.45. The molecule has 1 aromatic rings. The lowest BCUT2D eigenvalue weighted by molar-refractivity contribution is 0.119. The molecule has 0 atom stereocenters. The first kappa shape index (κ1) is 12.9. The Balaban J connectivity index is 3.17. The molecule has 16 heavy (non-hydrogen) atoms. The van der Waals surface area contributed by atoms with Crippen molar-refractivity contribution < 1.29 is 8.78 Å². The molecule has 0 aliphatic heterocycles. The van der Waals surface area contributed by atoms with E-state index in [4.69, 9.17) is 0 Å². The molecule has 0 bridgehead atoms. The van der Waals surface area contributed by atoms with Gasteiger partial charge in [-0.3, -0.25) is 4.68 Å². The van der Waals surface area contributed by atoms with E-state index in [1.807, 2.05) is 20.8 Å². The zero-order valence-electron chi connectivity index (χ0n) is 9.37. The van der Waals surface area contributed by atoms with Gasteiger partial charge in [0.15, 0.2) is 5.82 Å². The third-order valence-corrected chi connectivity index (χ3v) is 2.10. The van der Waals surface area contributed by atoms with Gasteiger partial charge in [0, 0.05) is 17.2 Å². The van der Waals surface area contributed by atoms with Crippen molar-refractivity contribution in [3.05, 3.63) is 11.8 Å². The Morgan fingerprint density at radius 2 is 2.19 bits per heavy atom. The van der Waals surface area contributed by atoms with Crippen molar-refractivity contribution in [1.82, 2.24) is 9.78 Å². The minimum Gasteiger partial charge on any atom is -0.261 e. The van der Waals surface area contributed by atoms with Crippen LogP contribution in [-0.2, 0) is 12.0 Å². The molecular weight excluding hydrogens is 232 g/mol. The fourth-order valence-corrected chi connectivity index (χ4v) is 1.47. The zero-order valence-corrected chi connectivity index (χ0v) is 10.2. The molecule has 1 rings (SSSR count). The van der Waals surface area contributed by atoms with E-state index in [-0.39, 0.29) is 5.41 Å².